The van der Waals surface area contributed by atoms with Crippen LogP contribution in [0.25, 0.3) is 0 Å². The number of hydrogen-bond donors (Lipinski definition) is 1. The number of unbranched alkanes of at least 4 members (excludes halogenated alkanes) is 1. The molecule has 0 spiro atoms. The van der Waals surface area contributed by atoms with E-state index in [1.807, 2.05) is 6.92 Å². The van der Waals surface area contributed by atoms with Crippen molar-refractivity contribution < 1.29 is 26.2 Å². The third kappa shape index (κ3) is 8.82. The van der Waals surface area contributed by atoms with E-state index >= 15 is 0 Å². The van der Waals surface area contributed by atoms with Crippen LogP contribution in [0.4, 0.5) is 0 Å². The van der Waals surface area contributed by atoms with Crippen LogP contribution in [-0.2, 0) is 21.1 Å². The van der Waals surface area contributed by atoms with E-state index in [0.29, 0.717) is 0 Å². The van der Waals surface area contributed by atoms with Crippen LogP contribution in [-0.4, -0.2) is 5.11 Å². The average Bonchev–Trinajstić information content (AvgIpc) is 1.41. The zero-order chi connectivity index (χ0) is 4.12. The summed E-state index contributed by atoms with van der Waals surface area (Å²) in [5.74, 6) is 0. The molecule has 0 amide bonds. The molecule has 2 heteroatoms. The van der Waals surface area contributed by atoms with Crippen molar-refractivity contribution in [2.24, 2.45) is 0 Å². The van der Waals surface area contributed by atoms with Gasteiger partial charge in [-0.25, -0.2) is 6.61 Å². The maximum Gasteiger partial charge on any atom is 0 e. The molecule has 0 unspecified atom stereocenters. The molecule has 0 aliphatic heterocycles. The van der Waals surface area contributed by atoms with Gasteiger partial charge >= 0.3 is 0 Å². The fourth-order valence-corrected chi connectivity index (χ4v) is 0.129. The van der Waals surface area contributed by atoms with Crippen LogP contribution in [0, 0.1) is 6.61 Å². The van der Waals surface area contributed by atoms with Crippen LogP contribution >= 0.6 is 0 Å². The normalized spacial score (nSPS) is 7.00. The summed E-state index contributed by atoms with van der Waals surface area (Å²) < 4.78 is 0. The van der Waals surface area contributed by atoms with E-state index in [-0.39, 0.29) is 21.1 Å². The third-order valence-electron chi connectivity index (χ3n) is 0.418. The Hall–Kier alpha value is 0.648. The summed E-state index contributed by atoms with van der Waals surface area (Å²) in [6.45, 7) is 3.20. The van der Waals surface area contributed by atoms with Gasteiger partial charge in [-0.1, -0.05) is 13.3 Å². The molecule has 1 N–H and O–H groups in total. The zero-order valence-corrected chi connectivity index (χ0v) is 5.85. The minimum atomic E-state index is 0. The molecular weight excluding hydrogens is 160 g/mol. The number of aliphatic hydroxyl groups is 1. The van der Waals surface area contributed by atoms with Crippen molar-refractivity contribution in [2.75, 3.05) is 0 Å². The number of hydrogen-bond acceptors (Lipinski definition) is 1. The van der Waals surface area contributed by atoms with Crippen molar-refractivity contribution in [2.45, 2.75) is 19.8 Å². The quantitative estimate of drug-likeness (QED) is 0.488. The van der Waals surface area contributed by atoms with Gasteiger partial charge in [-0.15, -0.1) is 0 Å². The van der Waals surface area contributed by atoms with Gasteiger partial charge in [0.25, 0.3) is 0 Å². The molecule has 0 aliphatic carbocycles. The summed E-state index contributed by atoms with van der Waals surface area (Å²) in [5.41, 5.74) is 0. The fraction of sp³-hybridized carbons (Fsp3) is 0.750. The van der Waals surface area contributed by atoms with Gasteiger partial charge in [-0.05, 0) is 0 Å². The van der Waals surface area contributed by atoms with Gasteiger partial charge in [0, 0.05) is 21.1 Å². The Morgan fingerprint density at radius 1 is 1.67 bits per heavy atom. The fourth-order valence-electron chi connectivity index (χ4n) is 0.129. The molecule has 0 heterocycles. The monoisotopic (exact) mass is 171 g/mol. The molecule has 0 rings (SSSR count). The maximum atomic E-state index is 7.94. The minimum absolute atomic E-state index is 0. The summed E-state index contributed by atoms with van der Waals surface area (Å²) in [4.78, 5) is 0. The molecule has 0 atom stereocenters. The molecule has 0 fully saturated rings. The Bertz CT molecular complexity index is 15.0. The summed E-state index contributed by atoms with van der Waals surface area (Å²) in [5, 5.41) is 7.94. The SMILES string of the molecule is CCC[CH-]O.[Mo]. The smallest absolute Gasteiger partial charge is 0 e. The van der Waals surface area contributed by atoms with Gasteiger partial charge in [0.2, 0.25) is 0 Å². The maximum absolute atomic E-state index is 7.94. The van der Waals surface area contributed by atoms with Gasteiger partial charge in [0.15, 0.2) is 0 Å². The second-order valence-corrected chi connectivity index (χ2v) is 0.971. The first-order valence-electron chi connectivity index (χ1n) is 1.87. The summed E-state index contributed by atoms with van der Waals surface area (Å²) >= 11 is 0. The van der Waals surface area contributed by atoms with Crippen molar-refractivity contribution in [1.82, 2.24) is 0 Å². The molecule has 0 radical (unpaired) electrons. The second kappa shape index (κ2) is 9.17. The van der Waals surface area contributed by atoms with E-state index in [9.17, 15) is 0 Å². The predicted molar refractivity (Wildman–Crippen MR) is 21.1 cm³/mol. The van der Waals surface area contributed by atoms with Crippen LogP contribution < -0.4 is 0 Å². The van der Waals surface area contributed by atoms with Crippen molar-refractivity contribution in [3.8, 4) is 0 Å². The number of rotatable bonds is 2. The second-order valence-electron chi connectivity index (χ2n) is 0.971. The van der Waals surface area contributed by atoms with Gasteiger partial charge < -0.3 is 5.11 Å². The van der Waals surface area contributed by atoms with Gasteiger partial charge in [-0.2, -0.15) is 6.42 Å². The van der Waals surface area contributed by atoms with Crippen LogP contribution in [0.1, 0.15) is 19.8 Å². The third-order valence-corrected chi connectivity index (χ3v) is 0.418. The molecule has 6 heavy (non-hydrogen) atoms. The van der Waals surface area contributed by atoms with Crippen molar-refractivity contribution in [3.05, 3.63) is 6.61 Å². The summed E-state index contributed by atoms with van der Waals surface area (Å²) in [6.07, 6.45) is 1.86. The van der Waals surface area contributed by atoms with Crippen molar-refractivity contribution in [1.29, 1.82) is 0 Å². The first kappa shape index (κ1) is 9.82. The van der Waals surface area contributed by atoms with Crippen LogP contribution in [0.15, 0.2) is 0 Å². The number of aliphatic hydroxyl groups excluding tert-OH is 1. The zero-order valence-electron chi connectivity index (χ0n) is 3.85. The van der Waals surface area contributed by atoms with E-state index < -0.39 is 0 Å². The Balaban J connectivity index is 0. The molecule has 0 aromatic carbocycles. The molecular formula is C4H9MoO-. The van der Waals surface area contributed by atoms with E-state index in [1.165, 1.54) is 6.61 Å². The van der Waals surface area contributed by atoms with Gasteiger partial charge in [-0.3, -0.25) is 0 Å². The molecule has 0 saturated heterocycles. The minimum Gasteiger partial charge on any atom is -0.566 e. The Kier molecular flexibility index (Phi) is 15.0. The van der Waals surface area contributed by atoms with Crippen LogP contribution in [0.5, 0.6) is 0 Å². The molecule has 0 aliphatic rings. The summed E-state index contributed by atoms with van der Waals surface area (Å²) in [6, 6.07) is 0. The van der Waals surface area contributed by atoms with E-state index in [2.05, 4.69) is 0 Å². The summed E-state index contributed by atoms with van der Waals surface area (Å²) in [7, 11) is 0. The van der Waals surface area contributed by atoms with E-state index in [0.717, 1.165) is 12.8 Å². The van der Waals surface area contributed by atoms with E-state index in [1.54, 1.807) is 0 Å². The molecule has 1 nitrogen and oxygen atoms in total. The predicted octanol–water partition coefficient (Wildman–Crippen LogP) is 1.32. The van der Waals surface area contributed by atoms with Crippen LogP contribution in [0.2, 0.25) is 0 Å². The van der Waals surface area contributed by atoms with Crippen molar-refractivity contribution >= 4 is 0 Å². The topological polar surface area (TPSA) is 20.2 Å². The van der Waals surface area contributed by atoms with Gasteiger partial charge in [0.1, 0.15) is 0 Å². The Morgan fingerprint density at radius 3 is 2.17 bits per heavy atom. The average molecular weight is 169 g/mol. The Labute approximate surface area is 53.0 Å². The molecule has 0 aromatic rings. The molecule has 0 saturated carbocycles. The largest absolute Gasteiger partial charge is 0.566 e. The first-order valence-corrected chi connectivity index (χ1v) is 1.87. The molecule has 38 valence electrons. The van der Waals surface area contributed by atoms with E-state index in [4.69, 9.17) is 5.11 Å². The van der Waals surface area contributed by atoms with Gasteiger partial charge in [0.05, 0.1) is 0 Å². The molecule has 0 aromatic heterocycles. The first-order chi connectivity index (χ1) is 2.41. The standard InChI is InChI=1S/C4H9O.Mo/c1-2-3-4-5;/h4-5H,2-3H2,1H3;/q-1;. The molecule has 0 bridgehead atoms. The van der Waals surface area contributed by atoms with Crippen molar-refractivity contribution in [3.63, 3.8) is 0 Å². The Morgan fingerprint density at radius 2 is 2.17 bits per heavy atom. The van der Waals surface area contributed by atoms with Crippen LogP contribution in [0.3, 0.4) is 0 Å².